The van der Waals surface area contributed by atoms with Crippen molar-refractivity contribution < 1.29 is 39.2 Å². The third-order valence-electron chi connectivity index (χ3n) is 7.16. The predicted octanol–water partition coefficient (Wildman–Crippen LogP) is 2.64. The fourth-order valence-electron chi connectivity index (χ4n) is 4.99. The second kappa shape index (κ2) is 18.1. The van der Waals surface area contributed by atoms with Gasteiger partial charge in [0.2, 0.25) is 5.91 Å². The molecule has 1 unspecified atom stereocenters. The summed E-state index contributed by atoms with van der Waals surface area (Å²) in [5, 5.41) is 33.6. The van der Waals surface area contributed by atoms with E-state index in [-0.39, 0.29) is 25.9 Å². The van der Waals surface area contributed by atoms with Gasteiger partial charge in [0, 0.05) is 12.2 Å². The van der Waals surface area contributed by atoms with Gasteiger partial charge in [0.05, 0.1) is 29.1 Å². The van der Waals surface area contributed by atoms with Crippen molar-refractivity contribution in [3.63, 3.8) is 0 Å². The Bertz CT molecular complexity index is 1310. The summed E-state index contributed by atoms with van der Waals surface area (Å²) in [4.78, 5) is 45.2. The third-order valence-corrected chi connectivity index (χ3v) is 7.91. The summed E-state index contributed by atoms with van der Waals surface area (Å²) in [6.45, 7) is 2.32. The average Bonchev–Trinajstić information content (AvgIpc) is 3.55. The SMILES string of the molecule is CC(C)[C@@H](C(N)=O)N(C(=O)OCC(O)CO)[C@@H](Cc1ccccc1)C[C@H](O)[C@H](Cc1ccccc1)NC(=O)OCc1cncs1. The van der Waals surface area contributed by atoms with Gasteiger partial charge in [0.15, 0.2) is 0 Å². The van der Waals surface area contributed by atoms with Gasteiger partial charge in [-0.1, -0.05) is 74.5 Å². The summed E-state index contributed by atoms with van der Waals surface area (Å²) >= 11 is 1.34. The number of hydrogen-bond donors (Lipinski definition) is 5. The Hall–Kier alpha value is -4.04. The number of alkyl carbamates (subject to hydrolysis) is 1. The zero-order valence-corrected chi connectivity index (χ0v) is 26.2. The number of aliphatic hydroxyl groups is 3. The normalized spacial score (nSPS) is 14.5. The molecule has 3 aromatic rings. The van der Waals surface area contributed by atoms with Crippen molar-refractivity contribution >= 4 is 29.4 Å². The first-order valence-corrected chi connectivity index (χ1v) is 15.6. The summed E-state index contributed by atoms with van der Waals surface area (Å²) in [6, 6.07) is 15.7. The van der Waals surface area contributed by atoms with Gasteiger partial charge in [-0.2, -0.15) is 0 Å². The van der Waals surface area contributed by atoms with Gasteiger partial charge in [-0.05, 0) is 36.3 Å². The summed E-state index contributed by atoms with van der Waals surface area (Å²) < 4.78 is 10.7. The molecule has 0 spiro atoms. The first-order valence-electron chi connectivity index (χ1n) is 14.7. The van der Waals surface area contributed by atoms with Crippen LogP contribution in [0.4, 0.5) is 9.59 Å². The summed E-state index contributed by atoms with van der Waals surface area (Å²) in [7, 11) is 0. The second-order valence-electron chi connectivity index (χ2n) is 11.0. The Morgan fingerprint density at radius 3 is 2.13 bits per heavy atom. The van der Waals surface area contributed by atoms with Crippen LogP contribution in [0.15, 0.2) is 72.4 Å². The van der Waals surface area contributed by atoms with Crippen molar-refractivity contribution in [1.29, 1.82) is 0 Å². The standard InChI is InChI=1S/C32H42N4O8S/c1-21(2)29(30(33)40)36(32(42)44-18-25(38)17-37)24(13-22-9-5-3-6-10-22)15-28(39)27(14-23-11-7-4-8-12-23)35-31(41)43-19-26-16-34-20-45-26/h3-12,16,20-21,24-25,27-29,37-39H,13-15,17-19H2,1-2H3,(H2,33,40)(H,35,41)/t24-,25?,27-,28-,29-/m0/s1. The Labute approximate surface area is 266 Å². The highest BCUT2D eigenvalue weighted by molar-refractivity contribution is 7.09. The largest absolute Gasteiger partial charge is 0.447 e. The van der Waals surface area contributed by atoms with E-state index in [9.17, 15) is 29.7 Å². The van der Waals surface area contributed by atoms with Crippen molar-refractivity contribution in [1.82, 2.24) is 15.2 Å². The van der Waals surface area contributed by atoms with Gasteiger partial charge >= 0.3 is 12.2 Å². The number of nitrogens with zero attached hydrogens (tertiary/aromatic N) is 2. The molecule has 244 valence electrons. The lowest BCUT2D eigenvalue weighted by molar-refractivity contribution is -0.125. The molecular formula is C32H42N4O8S. The molecule has 3 amide bonds. The highest BCUT2D eigenvalue weighted by atomic mass is 32.1. The van der Waals surface area contributed by atoms with E-state index < -0.39 is 67.6 Å². The maximum absolute atomic E-state index is 13.6. The van der Waals surface area contributed by atoms with Gasteiger partial charge < -0.3 is 35.8 Å². The fraction of sp³-hybridized carbons (Fsp3) is 0.438. The van der Waals surface area contributed by atoms with E-state index in [1.54, 1.807) is 25.6 Å². The number of carbonyl (C=O) groups excluding carboxylic acids is 3. The van der Waals surface area contributed by atoms with Crippen LogP contribution in [0.2, 0.25) is 0 Å². The lowest BCUT2D eigenvalue weighted by Gasteiger charge is -2.39. The van der Waals surface area contributed by atoms with Gasteiger partial charge in [0.1, 0.15) is 25.4 Å². The molecule has 45 heavy (non-hydrogen) atoms. The Morgan fingerprint density at radius 2 is 1.60 bits per heavy atom. The van der Waals surface area contributed by atoms with Crippen LogP contribution >= 0.6 is 11.3 Å². The van der Waals surface area contributed by atoms with E-state index in [1.165, 1.54) is 16.2 Å². The van der Waals surface area contributed by atoms with Crippen LogP contribution in [0.25, 0.3) is 0 Å². The molecule has 0 aliphatic heterocycles. The van der Waals surface area contributed by atoms with Gasteiger partial charge in [-0.15, -0.1) is 11.3 Å². The molecule has 0 saturated carbocycles. The van der Waals surface area contributed by atoms with Crippen LogP contribution in [0, 0.1) is 5.92 Å². The maximum Gasteiger partial charge on any atom is 0.410 e. The molecule has 0 aliphatic carbocycles. The van der Waals surface area contributed by atoms with Crippen molar-refractivity contribution in [3.05, 3.63) is 88.4 Å². The molecule has 0 fully saturated rings. The van der Waals surface area contributed by atoms with Crippen molar-refractivity contribution in [2.45, 2.75) is 70.1 Å². The molecule has 3 rings (SSSR count). The quantitative estimate of drug-likeness (QED) is 0.148. The minimum Gasteiger partial charge on any atom is -0.447 e. The number of carbonyl (C=O) groups is 3. The molecule has 1 aromatic heterocycles. The number of nitrogens with one attached hydrogen (secondary N) is 1. The van der Waals surface area contributed by atoms with E-state index in [1.807, 2.05) is 60.7 Å². The second-order valence-corrected chi connectivity index (χ2v) is 12.0. The van der Waals surface area contributed by atoms with Gasteiger partial charge in [-0.25, -0.2) is 9.59 Å². The molecular weight excluding hydrogens is 600 g/mol. The molecule has 13 heteroatoms. The van der Waals surface area contributed by atoms with Crippen LogP contribution in [0.3, 0.4) is 0 Å². The zero-order valence-electron chi connectivity index (χ0n) is 25.4. The van der Waals surface area contributed by atoms with E-state index in [0.29, 0.717) is 0 Å². The number of benzene rings is 2. The van der Waals surface area contributed by atoms with Gasteiger partial charge in [0.25, 0.3) is 0 Å². The predicted molar refractivity (Wildman–Crippen MR) is 168 cm³/mol. The van der Waals surface area contributed by atoms with Crippen molar-refractivity contribution in [2.75, 3.05) is 13.2 Å². The number of thiazole rings is 1. The summed E-state index contributed by atoms with van der Waals surface area (Å²) in [5.41, 5.74) is 9.09. The van der Waals surface area contributed by atoms with E-state index in [4.69, 9.17) is 15.2 Å². The molecule has 2 aromatic carbocycles. The number of amides is 3. The van der Waals surface area contributed by atoms with E-state index in [0.717, 1.165) is 16.0 Å². The molecule has 12 nitrogen and oxygen atoms in total. The van der Waals surface area contributed by atoms with Crippen molar-refractivity contribution in [3.8, 4) is 0 Å². The van der Waals surface area contributed by atoms with Crippen molar-refractivity contribution in [2.24, 2.45) is 11.7 Å². The zero-order chi connectivity index (χ0) is 32.8. The average molecular weight is 643 g/mol. The minimum atomic E-state index is -1.32. The number of rotatable bonds is 17. The smallest absolute Gasteiger partial charge is 0.410 e. The number of aliphatic hydroxyl groups excluding tert-OH is 3. The maximum atomic E-state index is 13.6. The molecule has 0 bridgehead atoms. The molecule has 0 radical (unpaired) electrons. The van der Waals surface area contributed by atoms with Crippen LogP contribution < -0.4 is 11.1 Å². The number of nitrogens with two attached hydrogens (primary N) is 1. The fourth-order valence-corrected chi connectivity index (χ4v) is 5.50. The van der Waals surface area contributed by atoms with Crippen LogP contribution in [0.1, 0.15) is 36.3 Å². The first-order chi connectivity index (χ1) is 21.6. The number of ether oxygens (including phenoxy) is 2. The molecule has 1 heterocycles. The highest BCUT2D eigenvalue weighted by Crippen LogP contribution is 2.24. The number of hydrogen-bond acceptors (Lipinski definition) is 10. The summed E-state index contributed by atoms with van der Waals surface area (Å²) in [5.74, 6) is -1.21. The van der Waals surface area contributed by atoms with Crippen LogP contribution in [-0.4, -0.2) is 86.8 Å². The Balaban J connectivity index is 1.94. The molecule has 0 saturated heterocycles. The first kappa shape index (κ1) is 35.4. The van der Waals surface area contributed by atoms with Gasteiger partial charge in [-0.3, -0.25) is 14.7 Å². The molecule has 6 N–H and O–H groups in total. The minimum absolute atomic E-state index is 0.00920. The monoisotopic (exact) mass is 642 g/mol. The number of primary amides is 1. The Kier molecular flexibility index (Phi) is 14.2. The van der Waals surface area contributed by atoms with E-state index in [2.05, 4.69) is 10.3 Å². The van der Waals surface area contributed by atoms with Crippen LogP contribution in [0.5, 0.6) is 0 Å². The number of aromatic nitrogens is 1. The lowest BCUT2D eigenvalue weighted by Crippen LogP contribution is -2.58. The lowest BCUT2D eigenvalue weighted by atomic mass is 9.90. The molecule has 0 aliphatic rings. The highest BCUT2D eigenvalue weighted by Gasteiger charge is 2.39. The topological polar surface area (TPSA) is 185 Å². The Morgan fingerprint density at radius 1 is 0.978 bits per heavy atom. The third kappa shape index (κ3) is 11.4. The van der Waals surface area contributed by atoms with E-state index >= 15 is 0 Å². The summed E-state index contributed by atoms with van der Waals surface area (Å²) in [6.07, 6.45) is -2.27. The molecule has 5 atom stereocenters. The van der Waals surface area contributed by atoms with Crippen LogP contribution in [-0.2, 0) is 33.7 Å².